The quantitative estimate of drug-likeness (QED) is 0.497. The number of thioether (sulfide) groups is 1. The van der Waals surface area contributed by atoms with Crippen molar-refractivity contribution in [3.8, 4) is 17.1 Å². The molecule has 168 valence electrons. The number of benzene rings is 2. The van der Waals surface area contributed by atoms with E-state index in [-0.39, 0.29) is 17.6 Å². The van der Waals surface area contributed by atoms with Crippen molar-refractivity contribution in [2.75, 3.05) is 31.3 Å². The Kier molecular flexibility index (Phi) is 7.88. The number of nitrogens with one attached hydrogen (secondary N) is 1. The van der Waals surface area contributed by atoms with Gasteiger partial charge in [-0.15, -0.1) is 10.2 Å². The third kappa shape index (κ3) is 5.28. The monoisotopic (exact) mass is 453 g/mol. The fourth-order valence-corrected chi connectivity index (χ4v) is 3.93. The van der Waals surface area contributed by atoms with E-state index in [0.29, 0.717) is 41.1 Å². The fourth-order valence-electron chi connectivity index (χ4n) is 3.22. The normalized spacial score (nSPS) is 10.6. The second kappa shape index (κ2) is 10.8. The lowest BCUT2D eigenvalue weighted by atomic mass is 10.2. The van der Waals surface area contributed by atoms with Gasteiger partial charge in [0.05, 0.1) is 18.4 Å². The van der Waals surface area contributed by atoms with E-state index in [9.17, 15) is 9.59 Å². The van der Waals surface area contributed by atoms with Crippen molar-refractivity contribution in [2.45, 2.75) is 19.0 Å². The van der Waals surface area contributed by atoms with E-state index in [0.717, 1.165) is 5.56 Å². The van der Waals surface area contributed by atoms with Crippen LogP contribution in [0.3, 0.4) is 0 Å². The lowest BCUT2D eigenvalue weighted by molar-refractivity contribution is -0.113. The molecule has 0 aliphatic rings. The van der Waals surface area contributed by atoms with Gasteiger partial charge in [-0.3, -0.25) is 9.59 Å². The molecule has 0 saturated heterocycles. The first kappa shape index (κ1) is 23.3. The average Bonchev–Trinajstić information content (AvgIpc) is 3.18. The molecule has 32 heavy (non-hydrogen) atoms. The van der Waals surface area contributed by atoms with E-state index >= 15 is 0 Å². The first-order valence-electron chi connectivity index (χ1n) is 10.3. The molecule has 2 amide bonds. The largest absolute Gasteiger partial charge is 0.496 e. The van der Waals surface area contributed by atoms with Crippen molar-refractivity contribution >= 4 is 29.3 Å². The van der Waals surface area contributed by atoms with Gasteiger partial charge in [0.15, 0.2) is 11.0 Å². The van der Waals surface area contributed by atoms with E-state index < -0.39 is 0 Å². The molecule has 1 N–H and O–H groups in total. The highest BCUT2D eigenvalue weighted by Gasteiger charge is 2.16. The molecule has 9 heteroatoms. The summed E-state index contributed by atoms with van der Waals surface area (Å²) in [4.78, 5) is 26.6. The standard InChI is InChI=1S/C23H27N5O3S/c1-5-28(6-2)22(30)16-11-13-17(14-12-16)24-20(29)15-32-23-26-25-21(27(23)3)18-9-7-8-10-19(18)31-4/h7-14H,5-6,15H2,1-4H3,(H,24,29). The van der Waals surface area contributed by atoms with Crippen LogP contribution in [0.25, 0.3) is 11.4 Å². The fraction of sp³-hybridized carbons (Fsp3) is 0.304. The van der Waals surface area contributed by atoms with Crippen molar-refractivity contribution in [2.24, 2.45) is 7.05 Å². The Morgan fingerprint density at radius 1 is 1.06 bits per heavy atom. The van der Waals surface area contributed by atoms with E-state index in [1.54, 1.807) is 36.3 Å². The van der Waals surface area contributed by atoms with Crippen LogP contribution >= 0.6 is 11.8 Å². The number of hydrogen-bond donors (Lipinski definition) is 1. The predicted molar refractivity (Wildman–Crippen MR) is 126 cm³/mol. The van der Waals surface area contributed by atoms with E-state index in [2.05, 4.69) is 15.5 Å². The van der Waals surface area contributed by atoms with Gasteiger partial charge in [0.2, 0.25) is 5.91 Å². The Morgan fingerprint density at radius 3 is 2.41 bits per heavy atom. The Hall–Kier alpha value is -3.33. The van der Waals surface area contributed by atoms with Crippen LogP contribution in [0.4, 0.5) is 5.69 Å². The van der Waals surface area contributed by atoms with Crippen LogP contribution in [0, 0.1) is 0 Å². The summed E-state index contributed by atoms with van der Waals surface area (Å²) in [6.45, 7) is 5.21. The van der Waals surface area contributed by atoms with Crippen molar-refractivity contribution in [1.82, 2.24) is 19.7 Å². The molecule has 0 aliphatic carbocycles. The van der Waals surface area contributed by atoms with Crippen molar-refractivity contribution in [3.63, 3.8) is 0 Å². The van der Waals surface area contributed by atoms with Crippen molar-refractivity contribution in [1.29, 1.82) is 0 Å². The number of carbonyl (C=O) groups is 2. The van der Waals surface area contributed by atoms with Gasteiger partial charge in [-0.1, -0.05) is 23.9 Å². The lowest BCUT2D eigenvalue weighted by Crippen LogP contribution is -2.30. The molecule has 0 aliphatic heterocycles. The number of rotatable bonds is 9. The highest BCUT2D eigenvalue weighted by atomic mass is 32.2. The van der Waals surface area contributed by atoms with Crippen LogP contribution in [-0.2, 0) is 11.8 Å². The summed E-state index contributed by atoms with van der Waals surface area (Å²) in [5, 5.41) is 11.9. The van der Waals surface area contributed by atoms with E-state index in [4.69, 9.17) is 4.74 Å². The van der Waals surface area contributed by atoms with Crippen LogP contribution in [0.5, 0.6) is 5.75 Å². The number of aromatic nitrogens is 3. The molecule has 3 rings (SSSR count). The first-order valence-corrected chi connectivity index (χ1v) is 11.3. The SMILES string of the molecule is CCN(CC)C(=O)c1ccc(NC(=O)CSc2nnc(-c3ccccc3OC)n2C)cc1. The van der Waals surface area contributed by atoms with Crippen LogP contribution in [0.15, 0.2) is 53.7 Å². The summed E-state index contributed by atoms with van der Waals surface area (Å²) in [6, 6.07) is 14.5. The van der Waals surface area contributed by atoms with Gasteiger partial charge in [-0.2, -0.15) is 0 Å². The van der Waals surface area contributed by atoms with Gasteiger partial charge in [-0.25, -0.2) is 0 Å². The highest BCUT2D eigenvalue weighted by Crippen LogP contribution is 2.30. The second-order valence-electron chi connectivity index (χ2n) is 6.96. The van der Waals surface area contributed by atoms with Crippen LogP contribution < -0.4 is 10.1 Å². The zero-order valence-electron chi connectivity index (χ0n) is 18.7. The predicted octanol–water partition coefficient (Wildman–Crippen LogP) is 3.70. The Balaban J connectivity index is 1.60. The number of para-hydroxylation sites is 1. The van der Waals surface area contributed by atoms with Gasteiger partial charge in [0.25, 0.3) is 5.91 Å². The summed E-state index contributed by atoms with van der Waals surface area (Å²) < 4.78 is 7.24. The molecule has 0 spiro atoms. The molecule has 0 unspecified atom stereocenters. The minimum atomic E-state index is -0.167. The molecule has 8 nitrogen and oxygen atoms in total. The summed E-state index contributed by atoms with van der Waals surface area (Å²) in [5.41, 5.74) is 2.07. The topological polar surface area (TPSA) is 89.3 Å². The van der Waals surface area contributed by atoms with Crippen LogP contribution in [0.2, 0.25) is 0 Å². The van der Waals surface area contributed by atoms with E-state index in [1.807, 2.05) is 49.7 Å². The number of anilines is 1. The van der Waals surface area contributed by atoms with Gasteiger partial charge in [0.1, 0.15) is 5.75 Å². The van der Waals surface area contributed by atoms with Gasteiger partial charge < -0.3 is 19.5 Å². The minimum Gasteiger partial charge on any atom is -0.496 e. The molecule has 1 aromatic heterocycles. The molecule has 1 heterocycles. The summed E-state index contributed by atoms with van der Waals surface area (Å²) in [5.74, 6) is 1.37. The number of hydrogen-bond acceptors (Lipinski definition) is 6. The van der Waals surface area contributed by atoms with Gasteiger partial charge >= 0.3 is 0 Å². The molecule has 2 aromatic carbocycles. The van der Waals surface area contributed by atoms with Gasteiger partial charge in [0, 0.05) is 31.4 Å². The number of methoxy groups -OCH3 is 1. The molecule has 0 atom stereocenters. The Bertz CT molecular complexity index is 1080. The van der Waals surface area contributed by atoms with Crippen LogP contribution in [-0.4, -0.2) is 57.4 Å². The summed E-state index contributed by atoms with van der Waals surface area (Å²) >= 11 is 1.30. The number of nitrogens with zero attached hydrogens (tertiary/aromatic N) is 4. The third-order valence-corrected chi connectivity index (χ3v) is 6.00. The van der Waals surface area contributed by atoms with Crippen molar-refractivity contribution in [3.05, 3.63) is 54.1 Å². The molecule has 3 aromatic rings. The molecular formula is C23H27N5O3S. The highest BCUT2D eigenvalue weighted by molar-refractivity contribution is 7.99. The molecule has 0 fully saturated rings. The maximum absolute atomic E-state index is 12.4. The minimum absolute atomic E-state index is 0.0171. The number of carbonyl (C=O) groups excluding carboxylic acids is 2. The first-order chi connectivity index (χ1) is 15.5. The lowest BCUT2D eigenvalue weighted by Gasteiger charge is -2.18. The Morgan fingerprint density at radius 2 is 1.75 bits per heavy atom. The zero-order valence-corrected chi connectivity index (χ0v) is 19.5. The number of amides is 2. The third-order valence-electron chi connectivity index (χ3n) is 4.98. The molecular weight excluding hydrogens is 426 g/mol. The Labute approximate surface area is 192 Å². The average molecular weight is 454 g/mol. The zero-order chi connectivity index (χ0) is 23.1. The molecule has 0 radical (unpaired) electrons. The number of ether oxygens (including phenoxy) is 1. The summed E-state index contributed by atoms with van der Waals surface area (Å²) in [6.07, 6.45) is 0. The van der Waals surface area contributed by atoms with Crippen LogP contribution in [0.1, 0.15) is 24.2 Å². The van der Waals surface area contributed by atoms with Gasteiger partial charge in [-0.05, 0) is 50.2 Å². The molecule has 0 saturated carbocycles. The van der Waals surface area contributed by atoms with Crippen molar-refractivity contribution < 1.29 is 14.3 Å². The summed E-state index contributed by atoms with van der Waals surface area (Å²) in [7, 11) is 3.47. The maximum atomic E-state index is 12.4. The second-order valence-corrected chi connectivity index (χ2v) is 7.90. The smallest absolute Gasteiger partial charge is 0.253 e. The molecule has 0 bridgehead atoms. The van der Waals surface area contributed by atoms with E-state index in [1.165, 1.54) is 11.8 Å². The maximum Gasteiger partial charge on any atom is 0.253 e.